The van der Waals surface area contributed by atoms with Crippen LogP contribution in [0.4, 0.5) is 0 Å². The van der Waals surface area contributed by atoms with Gasteiger partial charge in [-0.25, -0.2) is 0 Å². The summed E-state index contributed by atoms with van der Waals surface area (Å²) in [6.07, 6.45) is 0. The highest BCUT2D eigenvalue weighted by Crippen LogP contribution is 2.30. The normalized spacial score (nSPS) is 27.5. The zero-order valence-corrected chi connectivity index (χ0v) is 9.72. The molecule has 0 amide bonds. The molecule has 1 unspecified atom stereocenters. The lowest BCUT2D eigenvalue weighted by molar-refractivity contribution is -0.143. The van der Waals surface area contributed by atoms with Crippen LogP contribution in [-0.4, -0.2) is 29.6 Å². The number of esters is 1. The number of hydrogen-bond acceptors (Lipinski definition) is 3. The van der Waals surface area contributed by atoms with Gasteiger partial charge in [0, 0.05) is 12.6 Å². The maximum Gasteiger partial charge on any atom is 0.324 e. The predicted molar refractivity (Wildman–Crippen MR) is 61.9 cm³/mol. The summed E-state index contributed by atoms with van der Waals surface area (Å²) in [5.74, 6) is -0.0917. The fourth-order valence-electron chi connectivity index (χ4n) is 2.01. The van der Waals surface area contributed by atoms with Gasteiger partial charge in [-0.3, -0.25) is 9.69 Å². The molecule has 3 heteroatoms. The van der Waals surface area contributed by atoms with Crippen molar-refractivity contribution >= 4 is 5.97 Å². The molecule has 0 spiro atoms. The standard InChI is InChI=1S/C13H17NO2/c1-3-16-13(15)12-10(2)14(12)9-11-7-5-4-6-8-11/h4-8,10,12H,3,9H2,1-2H3/t10-,12-,14?/m0/s1. The molecule has 3 nitrogen and oxygen atoms in total. The minimum atomic E-state index is -0.0917. The van der Waals surface area contributed by atoms with E-state index in [-0.39, 0.29) is 12.0 Å². The van der Waals surface area contributed by atoms with E-state index in [9.17, 15) is 4.79 Å². The summed E-state index contributed by atoms with van der Waals surface area (Å²) in [6, 6.07) is 10.4. The van der Waals surface area contributed by atoms with Crippen LogP contribution in [-0.2, 0) is 16.1 Å². The Kier molecular flexibility index (Phi) is 3.25. The number of hydrogen-bond donors (Lipinski definition) is 0. The van der Waals surface area contributed by atoms with Gasteiger partial charge in [0.2, 0.25) is 0 Å². The first-order chi connectivity index (χ1) is 7.74. The highest BCUT2D eigenvalue weighted by Gasteiger charge is 2.49. The first kappa shape index (κ1) is 11.1. The number of nitrogens with zero attached hydrogens (tertiary/aromatic N) is 1. The lowest BCUT2D eigenvalue weighted by Gasteiger charge is -2.03. The first-order valence-electron chi connectivity index (χ1n) is 5.70. The lowest BCUT2D eigenvalue weighted by Crippen LogP contribution is -2.16. The molecule has 0 bridgehead atoms. The molecule has 0 aliphatic carbocycles. The summed E-state index contributed by atoms with van der Waals surface area (Å²) >= 11 is 0. The molecule has 1 fully saturated rings. The van der Waals surface area contributed by atoms with E-state index >= 15 is 0 Å². The Hall–Kier alpha value is -1.35. The van der Waals surface area contributed by atoms with Crippen molar-refractivity contribution in [3.63, 3.8) is 0 Å². The van der Waals surface area contributed by atoms with Gasteiger partial charge in [-0.05, 0) is 19.4 Å². The second-order valence-corrected chi connectivity index (χ2v) is 4.10. The molecule has 86 valence electrons. The van der Waals surface area contributed by atoms with Gasteiger partial charge in [-0.15, -0.1) is 0 Å². The van der Waals surface area contributed by atoms with Crippen LogP contribution >= 0.6 is 0 Å². The maximum absolute atomic E-state index is 11.6. The van der Waals surface area contributed by atoms with E-state index < -0.39 is 0 Å². The molecule has 0 saturated carbocycles. The Morgan fingerprint density at radius 1 is 1.38 bits per heavy atom. The van der Waals surface area contributed by atoms with Crippen molar-refractivity contribution in [3.8, 4) is 0 Å². The van der Waals surface area contributed by atoms with Crippen molar-refractivity contribution < 1.29 is 9.53 Å². The highest BCUT2D eigenvalue weighted by atomic mass is 16.5. The summed E-state index contributed by atoms with van der Waals surface area (Å²) in [4.78, 5) is 13.7. The van der Waals surface area contributed by atoms with E-state index in [1.54, 1.807) is 0 Å². The third-order valence-corrected chi connectivity index (χ3v) is 2.98. The fraction of sp³-hybridized carbons (Fsp3) is 0.462. The second-order valence-electron chi connectivity index (χ2n) is 4.10. The van der Waals surface area contributed by atoms with Crippen LogP contribution in [0.3, 0.4) is 0 Å². The van der Waals surface area contributed by atoms with Crippen molar-refractivity contribution in [1.29, 1.82) is 0 Å². The van der Waals surface area contributed by atoms with Crippen molar-refractivity contribution in [2.24, 2.45) is 0 Å². The maximum atomic E-state index is 11.6. The Balaban J connectivity index is 1.91. The van der Waals surface area contributed by atoms with Crippen LogP contribution in [0, 0.1) is 0 Å². The molecular weight excluding hydrogens is 202 g/mol. The zero-order chi connectivity index (χ0) is 11.5. The van der Waals surface area contributed by atoms with Gasteiger partial charge in [0.15, 0.2) is 0 Å². The van der Waals surface area contributed by atoms with Gasteiger partial charge < -0.3 is 4.74 Å². The number of rotatable bonds is 4. The number of carbonyl (C=O) groups excluding carboxylic acids is 1. The molecule has 3 atom stereocenters. The van der Waals surface area contributed by atoms with Crippen molar-refractivity contribution in [2.45, 2.75) is 32.5 Å². The van der Waals surface area contributed by atoms with E-state index in [1.807, 2.05) is 25.1 Å². The van der Waals surface area contributed by atoms with E-state index in [0.29, 0.717) is 12.6 Å². The third kappa shape index (κ3) is 2.25. The lowest BCUT2D eigenvalue weighted by atomic mass is 10.2. The zero-order valence-electron chi connectivity index (χ0n) is 9.72. The monoisotopic (exact) mass is 219 g/mol. The molecule has 1 aliphatic heterocycles. The molecule has 16 heavy (non-hydrogen) atoms. The van der Waals surface area contributed by atoms with Gasteiger partial charge in [-0.2, -0.15) is 0 Å². The van der Waals surface area contributed by atoms with Gasteiger partial charge in [0.1, 0.15) is 6.04 Å². The minimum absolute atomic E-state index is 0.0415. The Bertz CT molecular complexity index is 363. The molecule has 0 radical (unpaired) electrons. The largest absolute Gasteiger partial charge is 0.465 e. The molecule has 2 rings (SSSR count). The third-order valence-electron chi connectivity index (χ3n) is 2.98. The summed E-state index contributed by atoms with van der Waals surface area (Å²) in [7, 11) is 0. The molecular formula is C13H17NO2. The fourth-order valence-corrected chi connectivity index (χ4v) is 2.01. The average Bonchev–Trinajstić information content (AvgIpc) is 2.91. The molecule has 1 aromatic rings. The second kappa shape index (κ2) is 4.66. The van der Waals surface area contributed by atoms with Crippen LogP contribution in [0.5, 0.6) is 0 Å². The molecule has 1 saturated heterocycles. The SMILES string of the molecule is CCOC(=O)[C@@H]1[C@H](C)N1Cc1ccccc1. The highest BCUT2D eigenvalue weighted by molar-refractivity contribution is 5.80. The Labute approximate surface area is 96.0 Å². The van der Waals surface area contributed by atoms with E-state index in [4.69, 9.17) is 4.74 Å². The van der Waals surface area contributed by atoms with E-state index in [1.165, 1.54) is 5.56 Å². The molecule has 1 heterocycles. The predicted octanol–water partition coefficient (Wildman–Crippen LogP) is 1.82. The van der Waals surface area contributed by atoms with Crippen LogP contribution < -0.4 is 0 Å². The van der Waals surface area contributed by atoms with Crippen LogP contribution in [0.25, 0.3) is 0 Å². The minimum Gasteiger partial charge on any atom is -0.465 e. The van der Waals surface area contributed by atoms with Gasteiger partial charge in [-0.1, -0.05) is 30.3 Å². The first-order valence-corrected chi connectivity index (χ1v) is 5.70. The molecule has 1 aromatic carbocycles. The van der Waals surface area contributed by atoms with Crippen molar-refractivity contribution in [1.82, 2.24) is 4.90 Å². The molecule has 0 N–H and O–H groups in total. The quantitative estimate of drug-likeness (QED) is 0.571. The number of benzene rings is 1. The van der Waals surface area contributed by atoms with Crippen LogP contribution in [0.15, 0.2) is 30.3 Å². The van der Waals surface area contributed by atoms with Crippen molar-refractivity contribution in [2.75, 3.05) is 6.61 Å². The topological polar surface area (TPSA) is 29.3 Å². The van der Waals surface area contributed by atoms with Gasteiger partial charge in [0.25, 0.3) is 0 Å². The van der Waals surface area contributed by atoms with E-state index in [0.717, 1.165) is 6.54 Å². The van der Waals surface area contributed by atoms with Gasteiger partial charge in [0.05, 0.1) is 6.61 Å². The Morgan fingerprint density at radius 2 is 2.06 bits per heavy atom. The number of carbonyl (C=O) groups is 1. The van der Waals surface area contributed by atoms with E-state index in [2.05, 4.69) is 24.0 Å². The van der Waals surface area contributed by atoms with Crippen LogP contribution in [0.1, 0.15) is 19.4 Å². The summed E-state index contributed by atoms with van der Waals surface area (Å²) < 4.78 is 5.02. The average molecular weight is 219 g/mol. The summed E-state index contributed by atoms with van der Waals surface area (Å²) in [6.45, 7) is 5.18. The smallest absolute Gasteiger partial charge is 0.324 e. The Morgan fingerprint density at radius 3 is 2.69 bits per heavy atom. The van der Waals surface area contributed by atoms with Gasteiger partial charge >= 0.3 is 5.97 Å². The molecule has 0 aromatic heterocycles. The number of ether oxygens (including phenoxy) is 1. The van der Waals surface area contributed by atoms with Crippen molar-refractivity contribution in [3.05, 3.63) is 35.9 Å². The van der Waals surface area contributed by atoms with Crippen LogP contribution in [0.2, 0.25) is 0 Å². The summed E-state index contributed by atoms with van der Waals surface area (Å²) in [5.41, 5.74) is 1.24. The summed E-state index contributed by atoms with van der Waals surface area (Å²) in [5, 5.41) is 0. The molecule has 1 aliphatic rings.